The molecule has 0 spiro atoms. The fourth-order valence-electron chi connectivity index (χ4n) is 3.27. The zero-order chi connectivity index (χ0) is 21.7. The van der Waals surface area contributed by atoms with Crippen LogP contribution < -0.4 is 4.74 Å². The van der Waals surface area contributed by atoms with Gasteiger partial charge in [-0.2, -0.15) is 5.10 Å². The molecular weight excluding hydrogens is 416 g/mol. The maximum absolute atomic E-state index is 12.8. The van der Waals surface area contributed by atoms with Crippen LogP contribution in [0.15, 0.2) is 48.5 Å². The van der Waals surface area contributed by atoms with Gasteiger partial charge in [-0.3, -0.25) is 4.68 Å². The first-order valence-electron chi connectivity index (χ1n) is 9.41. The number of nitrogens with one attached hydrogen (secondary N) is 1. The summed E-state index contributed by atoms with van der Waals surface area (Å²) in [5.74, 6) is 0.397. The van der Waals surface area contributed by atoms with E-state index in [0.717, 1.165) is 16.9 Å². The zero-order valence-electron chi connectivity index (χ0n) is 17.0. The Balaban J connectivity index is 0.00000272. The van der Waals surface area contributed by atoms with E-state index >= 15 is 0 Å². The molecule has 2 aromatic heterocycles. The molecule has 0 aliphatic rings. The molecule has 5 nitrogen and oxygen atoms in total. The number of aryl methyl sites for hydroxylation is 1. The first-order chi connectivity index (χ1) is 14.0. The van der Waals surface area contributed by atoms with Gasteiger partial charge < -0.3 is 9.72 Å². The molecule has 0 unspecified atom stereocenters. The Morgan fingerprint density at radius 2 is 1.71 bits per heavy atom. The SMILES string of the molecule is Cn1nc(C(C)(C)C)cc1-c1nc2cc(-c3ccccc3OC(F)(F)F)ccc2[nH]1.[NaH]. The minimum absolute atomic E-state index is 0. The van der Waals surface area contributed by atoms with Crippen LogP contribution in [-0.4, -0.2) is 55.7 Å². The molecule has 4 aromatic rings. The van der Waals surface area contributed by atoms with Gasteiger partial charge in [0.1, 0.15) is 11.4 Å². The normalized spacial score (nSPS) is 12.1. The molecule has 0 saturated heterocycles. The number of fused-ring (bicyclic) bond motifs is 1. The van der Waals surface area contributed by atoms with Crippen LogP contribution in [0.4, 0.5) is 13.2 Å². The van der Waals surface area contributed by atoms with Crippen LogP contribution in [-0.2, 0) is 12.5 Å². The molecule has 0 saturated carbocycles. The Hall–Kier alpha value is -2.29. The van der Waals surface area contributed by atoms with Crippen molar-refractivity contribution in [3.63, 3.8) is 0 Å². The Kier molecular flexibility index (Phi) is 6.28. The molecule has 2 heterocycles. The van der Waals surface area contributed by atoms with E-state index in [1.807, 2.05) is 13.1 Å². The molecule has 1 N–H and O–H groups in total. The number of aromatic nitrogens is 4. The Labute approximate surface area is 199 Å². The van der Waals surface area contributed by atoms with Gasteiger partial charge in [0, 0.05) is 18.0 Å². The van der Waals surface area contributed by atoms with Gasteiger partial charge in [0.2, 0.25) is 0 Å². The molecule has 2 aromatic carbocycles. The third-order valence-electron chi connectivity index (χ3n) is 4.80. The standard InChI is InChI=1S/C22H21F3N4O.Na.H/c1-21(2,3)19-12-17(29(4)28-19)20-26-15-10-9-13(11-16(15)27-20)14-7-5-6-8-18(14)30-22(23,24)25;;/h5-12H,1-4H3,(H,26,27);;. The second kappa shape index (κ2) is 8.33. The summed E-state index contributed by atoms with van der Waals surface area (Å²) in [7, 11) is 1.86. The van der Waals surface area contributed by atoms with Crippen molar-refractivity contribution in [2.75, 3.05) is 0 Å². The van der Waals surface area contributed by atoms with Crippen LogP contribution in [0.25, 0.3) is 33.7 Å². The summed E-state index contributed by atoms with van der Waals surface area (Å²) in [6, 6.07) is 13.3. The van der Waals surface area contributed by atoms with Crippen molar-refractivity contribution in [3.8, 4) is 28.4 Å². The first kappa shape index (κ1) is 23.4. The average molecular weight is 438 g/mol. The predicted octanol–water partition coefficient (Wildman–Crippen LogP) is 5.18. The Morgan fingerprint density at radius 1 is 1.00 bits per heavy atom. The molecule has 0 atom stereocenters. The van der Waals surface area contributed by atoms with E-state index in [-0.39, 0.29) is 40.7 Å². The summed E-state index contributed by atoms with van der Waals surface area (Å²) in [6.45, 7) is 6.26. The number of imidazole rings is 1. The second-order valence-corrected chi connectivity index (χ2v) is 8.15. The molecule has 158 valence electrons. The van der Waals surface area contributed by atoms with Gasteiger partial charge in [-0.15, -0.1) is 13.2 Å². The van der Waals surface area contributed by atoms with E-state index in [2.05, 4.69) is 40.6 Å². The van der Waals surface area contributed by atoms with Crippen molar-refractivity contribution < 1.29 is 17.9 Å². The Bertz CT molecular complexity index is 1220. The summed E-state index contributed by atoms with van der Waals surface area (Å²) in [4.78, 5) is 7.92. The first-order valence-corrected chi connectivity index (χ1v) is 9.41. The summed E-state index contributed by atoms with van der Waals surface area (Å²) in [6.07, 6.45) is -4.76. The number of para-hydroxylation sites is 1. The minimum atomic E-state index is -4.76. The van der Waals surface area contributed by atoms with E-state index in [1.165, 1.54) is 12.1 Å². The molecule has 4 rings (SSSR count). The topological polar surface area (TPSA) is 55.7 Å². The van der Waals surface area contributed by atoms with E-state index in [0.29, 0.717) is 22.5 Å². The maximum atomic E-state index is 12.8. The number of hydrogen-bond donors (Lipinski definition) is 1. The van der Waals surface area contributed by atoms with E-state index < -0.39 is 6.36 Å². The van der Waals surface area contributed by atoms with Crippen LogP contribution >= 0.6 is 0 Å². The average Bonchev–Trinajstić information content (AvgIpc) is 3.23. The fourth-order valence-corrected chi connectivity index (χ4v) is 3.27. The quantitative estimate of drug-likeness (QED) is 0.449. The third-order valence-corrected chi connectivity index (χ3v) is 4.80. The molecule has 9 heteroatoms. The molecule has 0 radical (unpaired) electrons. The molecule has 0 aliphatic carbocycles. The van der Waals surface area contributed by atoms with Gasteiger partial charge in [0.15, 0.2) is 5.82 Å². The number of ether oxygens (including phenoxy) is 1. The fraction of sp³-hybridized carbons (Fsp3) is 0.273. The second-order valence-electron chi connectivity index (χ2n) is 8.15. The number of rotatable bonds is 3. The van der Waals surface area contributed by atoms with Crippen molar-refractivity contribution in [1.29, 1.82) is 0 Å². The van der Waals surface area contributed by atoms with Crippen LogP contribution in [0.5, 0.6) is 5.75 Å². The summed E-state index contributed by atoms with van der Waals surface area (Å²) in [5.41, 5.74) is 4.02. The number of nitrogens with zero attached hydrogens (tertiary/aromatic N) is 3. The monoisotopic (exact) mass is 438 g/mol. The van der Waals surface area contributed by atoms with Gasteiger partial charge in [-0.05, 0) is 29.8 Å². The summed E-state index contributed by atoms with van der Waals surface area (Å²) >= 11 is 0. The van der Waals surface area contributed by atoms with Gasteiger partial charge in [-0.1, -0.05) is 45.0 Å². The zero-order valence-corrected chi connectivity index (χ0v) is 17.0. The van der Waals surface area contributed by atoms with E-state index in [9.17, 15) is 13.2 Å². The number of H-pyrrole nitrogens is 1. The number of halogens is 3. The van der Waals surface area contributed by atoms with Gasteiger partial charge >= 0.3 is 35.9 Å². The summed E-state index contributed by atoms with van der Waals surface area (Å²) in [5, 5.41) is 4.57. The molecular formula is C22H22F3N4NaO. The van der Waals surface area contributed by atoms with Crippen molar-refractivity contribution in [2.45, 2.75) is 32.5 Å². The van der Waals surface area contributed by atoms with Crippen LogP contribution in [0.1, 0.15) is 26.5 Å². The molecule has 0 amide bonds. The van der Waals surface area contributed by atoms with Gasteiger partial charge in [0.05, 0.1) is 16.7 Å². The molecule has 31 heavy (non-hydrogen) atoms. The van der Waals surface area contributed by atoms with Crippen molar-refractivity contribution in [1.82, 2.24) is 19.7 Å². The van der Waals surface area contributed by atoms with Gasteiger partial charge in [-0.25, -0.2) is 4.98 Å². The van der Waals surface area contributed by atoms with Crippen molar-refractivity contribution in [2.24, 2.45) is 7.05 Å². The molecule has 0 fully saturated rings. The van der Waals surface area contributed by atoms with Crippen LogP contribution in [0, 0.1) is 0 Å². The van der Waals surface area contributed by atoms with Crippen molar-refractivity contribution in [3.05, 3.63) is 54.2 Å². The van der Waals surface area contributed by atoms with Crippen LogP contribution in [0.3, 0.4) is 0 Å². The third kappa shape index (κ3) is 4.97. The number of alkyl halides is 3. The van der Waals surface area contributed by atoms with Crippen LogP contribution in [0.2, 0.25) is 0 Å². The van der Waals surface area contributed by atoms with E-state index in [4.69, 9.17) is 0 Å². The van der Waals surface area contributed by atoms with E-state index in [1.54, 1.807) is 35.0 Å². The predicted molar refractivity (Wildman–Crippen MR) is 116 cm³/mol. The number of benzene rings is 2. The van der Waals surface area contributed by atoms with Crippen molar-refractivity contribution >= 4 is 40.6 Å². The molecule has 0 aliphatic heterocycles. The number of hydrogen-bond acceptors (Lipinski definition) is 3. The summed E-state index contributed by atoms with van der Waals surface area (Å²) < 4.78 is 44.2. The molecule has 0 bridgehead atoms. The van der Waals surface area contributed by atoms with Gasteiger partial charge in [0.25, 0.3) is 0 Å². The number of aromatic amines is 1. The Morgan fingerprint density at radius 3 is 2.35 bits per heavy atom.